The molecule has 4 rings (SSSR count). The fourth-order valence-electron chi connectivity index (χ4n) is 2.96. The van der Waals surface area contributed by atoms with Crippen LogP contribution in [-0.2, 0) is 6.54 Å². The molecule has 0 bridgehead atoms. The topological polar surface area (TPSA) is 105 Å². The van der Waals surface area contributed by atoms with Crippen molar-refractivity contribution in [3.63, 3.8) is 0 Å². The molecule has 0 radical (unpaired) electrons. The number of benzene rings is 2. The van der Waals surface area contributed by atoms with Gasteiger partial charge in [-0.15, -0.1) is 0 Å². The smallest absolute Gasteiger partial charge is 0.267 e. The lowest BCUT2D eigenvalue weighted by atomic mass is 10.1. The zero-order chi connectivity index (χ0) is 20.2. The van der Waals surface area contributed by atoms with Gasteiger partial charge < -0.3 is 5.11 Å². The second-order valence-electron chi connectivity index (χ2n) is 6.34. The van der Waals surface area contributed by atoms with E-state index in [9.17, 15) is 15.2 Å². The highest BCUT2D eigenvalue weighted by Gasteiger charge is 2.09. The summed E-state index contributed by atoms with van der Waals surface area (Å²) >= 11 is 0. The van der Waals surface area contributed by atoms with Gasteiger partial charge in [0.2, 0.25) is 0 Å². The highest BCUT2D eigenvalue weighted by atomic mass is 16.3. The molecule has 1 N–H and O–H groups in total. The van der Waals surface area contributed by atoms with Crippen LogP contribution in [0.1, 0.15) is 11.1 Å². The minimum absolute atomic E-state index is 0.00452. The lowest BCUT2D eigenvalue weighted by molar-refractivity contribution is 0.470. The van der Waals surface area contributed by atoms with Crippen molar-refractivity contribution in [1.29, 1.82) is 5.26 Å². The van der Waals surface area contributed by atoms with Crippen LogP contribution in [0.3, 0.4) is 0 Å². The third kappa shape index (κ3) is 3.87. The van der Waals surface area contributed by atoms with E-state index in [4.69, 9.17) is 0 Å². The highest BCUT2D eigenvalue weighted by Crippen LogP contribution is 2.21. The van der Waals surface area contributed by atoms with E-state index in [-0.39, 0.29) is 17.9 Å². The Balaban J connectivity index is 1.68. The fourth-order valence-corrected chi connectivity index (χ4v) is 2.96. The molecular formula is C22H15N5O2. The van der Waals surface area contributed by atoms with Crippen LogP contribution in [0.2, 0.25) is 0 Å². The Morgan fingerprint density at radius 3 is 2.59 bits per heavy atom. The predicted molar refractivity (Wildman–Crippen MR) is 107 cm³/mol. The Labute approximate surface area is 166 Å². The summed E-state index contributed by atoms with van der Waals surface area (Å²) in [5, 5.41) is 23.1. The first-order valence-corrected chi connectivity index (χ1v) is 8.82. The lowest BCUT2D eigenvalue weighted by Crippen LogP contribution is -2.23. The molecule has 2 heterocycles. The first-order valence-electron chi connectivity index (χ1n) is 8.82. The van der Waals surface area contributed by atoms with Crippen molar-refractivity contribution in [3.05, 3.63) is 94.5 Å². The van der Waals surface area contributed by atoms with Crippen LogP contribution in [0.25, 0.3) is 22.6 Å². The number of hydrogen-bond donors (Lipinski definition) is 1. The van der Waals surface area contributed by atoms with Gasteiger partial charge in [-0.3, -0.25) is 4.79 Å². The van der Waals surface area contributed by atoms with Crippen LogP contribution in [0, 0.1) is 11.3 Å². The predicted octanol–water partition coefficient (Wildman–Crippen LogP) is 2.99. The van der Waals surface area contributed by atoms with E-state index in [1.54, 1.807) is 24.3 Å². The van der Waals surface area contributed by atoms with Crippen molar-refractivity contribution in [2.45, 2.75) is 6.54 Å². The second kappa shape index (κ2) is 7.74. The third-order valence-electron chi connectivity index (χ3n) is 4.35. The van der Waals surface area contributed by atoms with Crippen LogP contribution in [0.4, 0.5) is 0 Å². The van der Waals surface area contributed by atoms with Crippen LogP contribution in [-0.4, -0.2) is 24.9 Å². The molecule has 7 heteroatoms. The third-order valence-corrected chi connectivity index (χ3v) is 4.35. The average Bonchev–Trinajstić information content (AvgIpc) is 2.76. The molecule has 0 amide bonds. The number of rotatable bonds is 4. The van der Waals surface area contributed by atoms with Gasteiger partial charge in [-0.1, -0.05) is 36.4 Å². The number of nitrogens with zero attached hydrogens (tertiary/aromatic N) is 5. The quantitative estimate of drug-likeness (QED) is 0.583. The Kier molecular flexibility index (Phi) is 4.82. The normalized spacial score (nSPS) is 10.4. The van der Waals surface area contributed by atoms with E-state index in [0.29, 0.717) is 22.6 Å². The summed E-state index contributed by atoms with van der Waals surface area (Å²) in [5.41, 5.74) is 3.10. The SMILES string of the molecule is N#Cc1ccccc1-c1ccc(=O)n(Cc2cccc(-c3ncc(O)cn3)c2)n1. The van der Waals surface area contributed by atoms with Crippen molar-refractivity contribution >= 4 is 0 Å². The zero-order valence-electron chi connectivity index (χ0n) is 15.2. The van der Waals surface area contributed by atoms with Gasteiger partial charge in [0.15, 0.2) is 11.6 Å². The number of aromatic nitrogens is 4. The van der Waals surface area contributed by atoms with E-state index in [1.807, 2.05) is 30.3 Å². The van der Waals surface area contributed by atoms with Gasteiger partial charge in [0.05, 0.1) is 36.3 Å². The molecule has 140 valence electrons. The molecule has 0 spiro atoms. The lowest BCUT2D eigenvalue weighted by Gasteiger charge is -2.09. The number of hydrogen-bond acceptors (Lipinski definition) is 6. The minimum Gasteiger partial charge on any atom is -0.505 e. The maximum Gasteiger partial charge on any atom is 0.267 e. The highest BCUT2D eigenvalue weighted by molar-refractivity contribution is 5.66. The number of nitriles is 1. The van der Waals surface area contributed by atoms with Gasteiger partial charge in [-0.2, -0.15) is 10.4 Å². The van der Waals surface area contributed by atoms with Crippen LogP contribution < -0.4 is 5.56 Å². The van der Waals surface area contributed by atoms with Crippen molar-refractivity contribution in [3.8, 4) is 34.5 Å². The largest absolute Gasteiger partial charge is 0.505 e. The summed E-state index contributed by atoms with van der Waals surface area (Å²) in [6.45, 7) is 0.257. The zero-order valence-corrected chi connectivity index (χ0v) is 15.2. The maximum absolute atomic E-state index is 12.3. The van der Waals surface area contributed by atoms with Crippen molar-refractivity contribution in [2.24, 2.45) is 0 Å². The van der Waals surface area contributed by atoms with E-state index >= 15 is 0 Å². The molecule has 2 aromatic heterocycles. The summed E-state index contributed by atoms with van der Waals surface area (Å²) < 4.78 is 1.36. The molecule has 29 heavy (non-hydrogen) atoms. The summed E-state index contributed by atoms with van der Waals surface area (Å²) in [7, 11) is 0. The molecule has 0 aliphatic rings. The first kappa shape index (κ1) is 18.1. The monoisotopic (exact) mass is 381 g/mol. The molecule has 4 aromatic rings. The van der Waals surface area contributed by atoms with Crippen molar-refractivity contribution in [2.75, 3.05) is 0 Å². The van der Waals surface area contributed by atoms with Crippen LogP contribution >= 0.6 is 0 Å². The molecule has 0 aliphatic carbocycles. The molecule has 7 nitrogen and oxygen atoms in total. The average molecular weight is 381 g/mol. The van der Waals surface area contributed by atoms with E-state index in [0.717, 1.165) is 11.1 Å². The van der Waals surface area contributed by atoms with Crippen LogP contribution in [0.5, 0.6) is 5.75 Å². The molecule has 0 saturated carbocycles. The molecular weight excluding hydrogens is 366 g/mol. The Hall–Kier alpha value is -4.31. The number of aromatic hydroxyl groups is 1. The fraction of sp³-hybridized carbons (Fsp3) is 0.0455. The van der Waals surface area contributed by atoms with Gasteiger partial charge >= 0.3 is 0 Å². The summed E-state index contributed by atoms with van der Waals surface area (Å²) in [6, 6.07) is 19.8. The summed E-state index contributed by atoms with van der Waals surface area (Å²) in [4.78, 5) is 20.6. The molecule has 0 saturated heterocycles. The molecule has 2 aromatic carbocycles. The maximum atomic E-state index is 12.3. The van der Waals surface area contributed by atoms with Gasteiger partial charge in [0.1, 0.15) is 0 Å². The van der Waals surface area contributed by atoms with Crippen molar-refractivity contribution < 1.29 is 5.11 Å². The Morgan fingerprint density at radius 2 is 1.79 bits per heavy atom. The van der Waals surface area contributed by atoms with Crippen LogP contribution in [0.15, 0.2) is 77.9 Å². The standard InChI is InChI=1S/C22H15N5O2/c23-11-17-5-1-2-7-19(17)20-8-9-21(29)27(26-20)14-15-4-3-6-16(10-15)22-24-12-18(28)13-25-22/h1-10,12-13,28H,14H2. The molecule has 0 fully saturated rings. The van der Waals surface area contributed by atoms with E-state index < -0.39 is 0 Å². The van der Waals surface area contributed by atoms with E-state index in [2.05, 4.69) is 21.1 Å². The van der Waals surface area contributed by atoms with Gasteiger partial charge in [0.25, 0.3) is 5.56 Å². The Morgan fingerprint density at radius 1 is 1.00 bits per heavy atom. The molecule has 0 atom stereocenters. The summed E-state index contributed by atoms with van der Waals surface area (Å²) in [6.07, 6.45) is 2.66. The van der Waals surface area contributed by atoms with Gasteiger partial charge in [0, 0.05) is 17.2 Å². The molecule has 0 aliphatic heterocycles. The first-order chi connectivity index (χ1) is 14.1. The Bertz CT molecular complexity index is 1270. The second-order valence-corrected chi connectivity index (χ2v) is 6.34. The minimum atomic E-state index is -0.241. The van der Waals surface area contributed by atoms with Gasteiger partial charge in [-0.25, -0.2) is 14.6 Å². The van der Waals surface area contributed by atoms with Gasteiger partial charge in [-0.05, 0) is 23.8 Å². The summed E-state index contributed by atoms with van der Waals surface area (Å²) in [5.74, 6) is 0.469. The molecule has 0 unspecified atom stereocenters. The van der Waals surface area contributed by atoms with Crippen molar-refractivity contribution in [1.82, 2.24) is 19.7 Å². The van der Waals surface area contributed by atoms with E-state index in [1.165, 1.54) is 23.1 Å².